The van der Waals surface area contributed by atoms with Crippen molar-refractivity contribution in [2.24, 2.45) is 0 Å². The van der Waals surface area contributed by atoms with E-state index in [1.54, 1.807) is 0 Å². The maximum atomic E-state index is 12.9. The summed E-state index contributed by atoms with van der Waals surface area (Å²) in [4.78, 5) is 38.4. The number of allylic oxidation sites excluding steroid dienone is 10. The van der Waals surface area contributed by atoms with Crippen molar-refractivity contribution >= 4 is 17.9 Å². The Morgan fingerprint density at radius 2 is 0.494 bits per heavy atom. The van der Waals surface area contributed by atoms with E-state index in [4.69, 9.17) is 14.2 Å². The van der Waals surface area contributed by atoms with Crippen molar-refractivity contribution in [3.05, 3.63) is 60.8 Å². The topological polar surface area (TPSA) is 78.9 Å². The molecule has 0 rings (SSSR count). The van der Waals surface area contributed by atoms with Gasteiger partial charge in [0.15, 0.2) is 6.10 Å². The minimum atomic E-state index is -0.792. The lowest BCUT2D eigenvalue weighted by Crippen LogP contribution is -2.30. The highest BCUT2D eigenvalue weighted by atomic mass is 16.6. The second-order valence-electron chi connectivity index (χ2n) is 23.4. The zero-order chi connectivity index (χ0) is 57.1. The summed E-state index contributed by atoms with van der Waals surface area (Å²) in [5, 5.41) is 0. The van der Waals surface area contributed by atoms with Crippen molar-refractivity contribution < 1.29 is 28.6 Å². The molecule has 0 heterocycles. The molecule has 0 N–H and O–H groups in total. The van der Waals surface area contributed by atoms with Crippen LogP contribution in [0.15, 0.2) is 60.8 Å². The number of rotatable bonds is 64. The van der Waals surface area contributed by atoms with E-state index in [-0.39, 0.29) is 31.1 Å². The van der Waals surface area contributed by atoms with Crippen molar-refractivity contribution in [3.8, 4) is 0 Å². The fourth-order valence-electron chi connectivity index (χ4n) is 10.3. The predicted octanol–water partition coefficient (Wildman–Crippen LogP) is 23.9. The highest BCUT2D eigenvalue weighted by molar-refractivity contribution is 5.71. The lowest BCUT2D eigenvalue weighted by molar-refractivity contribution is -0.167. The van der Waals surface area contributed by atoms with Crippen LogP contribution in [0.3, 0.4) is 0 Å². The Bertz CT molecular complexity index is 1410. The third-order valence-electron chi connectivity index (χ3n) is 15.5. The second kappa shape index (κ2) is 67.6. The van der Waals surface area contributed by atoms with E-state index in [1.807, 2.05) is 0 Å². The van der Waals surface area contributed by atoms with Gasteiger partial charge in [0, 0.05) is 19.3 Å². The van der Waals surface area contributed by atoms with Crippen molar-refractivity contribution in [2.45, 2.75) is 374 Å². The van der Waals surface area contributed by atoms with Crippen molar-refractivity contribution in [1.29, 1.82) is 0 Å². The Kier molecular flexibility index (Phi) is 65.1. The first-order valence-corrected chi connectivity index (χ1v) is 34.8. The van der Waals surface area contributed by atoms with Crippen LogP contribution in [0.25, 0.3) is 0 Å². The highest BCUT2D eigenvalue weighted by Crippen LogP contribution is 2.18. The zero-order valence-corrected chi connectivity index (χ0v) is 52.9. The van der Waals surface area contributed by atoms with Crippen LogP contribution >= 0.6 is 0 Å². The van der Waals surface area contributed by atoms with Gasteiger partial charge in [0.05, 0.1) is 0 Å². The van der Waals surface area contributed by atoms with E-state index < -0.39 is 6.10 Å². The highest BCUT2D eigenvalue weighted by Gasteiger charge is 2.19. The third kappa shape index (κ3) is 65.8. The van der Waals surface area contributed by atoms with Gasteiger partial charge in [0.1, 0.15) is 13.2 Å². The standard InChI is InChI=1S/C73H132O6/c1-4-7-10-13-16-19-22-25-28-30-32-33-34-35-36-37-38-39-41-42-45-48-51-54-57-60-63-66-72(75)78-69-70(68-77-71(74)65-62-59-56-53-50-47-44-27-24-21-18-15-12-9-6-3)79-73(76)67-64-61-58-55-52-49-46-43-40-31-29-26-23-20-17-14-11-8-5-2/h9,12,18,21,26-27,29,44,50,53,70H,4-8,10-11,13-17,19-20,22-25,28,30-43,45-49,51-52,54-69H2,1-3H3/b12-9-,21-18-,29-26-,44-27-,53-50-. The lowest BCUT2D eigenvalue weighted by Gasteiger charge is -2.18. The van der Waals surface area contributed by atoms with Gasteiger partial charge in [-0.25, -0.2) is 0 Å². The molecule has 460 valence electrons. The molecule has 1 atom stereocenters. The molecule has 1 unspecified atom stereocenters. The molecule has 0 aliphatic heterocycles. The van der Waals surface area contributed by atoms with E-state index >= 15 is 0 Å². The molecule has 0 amide bonds. The third-order valence-corrected chi connectivity index (χ3v) is 15.5. The van der Waals surface area contributed by atoms with Crippen LogP contribution in [0, 0.1) is 0 Å². The summed E-state index contributed by atoms with van der Waals surface area (Å²) in [6, 6.07) is 0. The molecule has 0 aliphatic carbocycles. The molecule has 0 bridgehead atoms. The molecule has 6 heteroatoms. The molecule has 0 radical (unpaired) electrons. The molecule has 6 nitrogen and oxygen atoms in total. The van der Waals surface area contributed by atoms with E-state index in [9.17, 15) is 14.4 Å². The molecule has 0 aromatic carbocycles. The van der Waals surface area contributed by atoms with E-state index in [0.717, 1.165) is 83.5 Å². The van der Waals surface area contributed by atoms with Crippen molar-refractivity contribution in [2.75, 3.05) is 13.2 Å². The van der Waals surface area contributed by atoms with Crippen molar-refractivity contribution in [3.63, 3.8) is 0 Å². The SMILES string of the molecule is CC/C=C\C/C=C\C/C=C\C/C=C\CCCCC(=O)OCC(COC(=O)CCCCCCCCCCCCCCCCCCCCCCCCCCCCC)OC(=O)CCCCCCCCCCC/C=C\CCCCCCCC. The molecular weight excluding hydrogens is 973 g/mol. The summed E-state index contributed by atoms with van der Waals surface area (Å²) in [7, 11) is 0. The van der Waals surface area contributed by atoms with Gasteiger partial charge in [0.25, 0.3) is 0 Å². The molecule has 0 saturated heterocycles. The van der Waals surface area contributed by atoms with Gasteiger partial charge in [-0.1, -0.05) is 326 Å². The molecule has 0 saturated carbocycles. The van der Waals surface area contributed by atoms with E-state index in [0.29, 0.717) is 19.3 Å². The summed E-state index contributed by atoms with van der Waals surface area (Å²) in [6.45, 7) is 6.55. The van der Waals surface area contributed by atoms with Crippen molar-refractivity contribution in [1.82, 2.24) is 0 Å². The molecule has 0 fully saturated rings. The quantitative estimate of drug-likeness (QED) is 0.0261. The number of hydrogen-bond acceptors (Lipinski definition) is 6. The van der Waals surface area contributed by atoms with Crippen LogP contribution in [0.5, 0.6) is 0 Å². The number of carbonyl (C=O) groups excluding carboxylic acids is 3. The Labute approximate surface area is 491 Å². The number of hydrogen-bond donors (Lipinski definition) is 0. The summed E-state index contributed by atoms with van der Waals surface area (Å²) >= 11 is 0. The molecule has 0 aromatic rings. The van der Waals surface area contributed by atoms with E-state index in [1.165, 1.54) is 244 Å². The first-order valence-electron chi connectivity index (χ1n) is 34.8. The molecule has 0 aliphatic rings. The molecule has 79 heavy (non-hydrogen) atoms. The van der Waals surface area contributed by atoms with Crippen LogP contribution < -0.4 is 0 Å². The minimum Gasteiger partial charge on any atom is -0.462 e. The van der Waals surface area contributed by atoms with Crippen LogP contribution in [-0.2, 0) is 28.6 Å². The Balaban J connectivity index is 4.27. The Morgan fingerprint density at radius 3 is 0.810 bits per heavy atom. The molecular formula is C73H132O6. The minimum absolute atomic E-state index is 0.0846. The lowest BCUT2D eigenvalue weighted by atomic mass is 10.0. The second-order valence-corrected chi connectivity index (χ2v) is 23.4. The van der Waals surface area contributed by atoms with Gasteiger partial charge in [-0.3, -0.25) is 14.4 Å². The average Bonchev–Trinajstić information content (AvgIpc) is 3.45. The summed E-state index contributed by atoms with van der Waals surface area (Å²) in [5.74, 6) is -0.908. The average molecular weight is 1110 g/mol. The summed E-state index contributed by atoms with van der Waals surface area (Å²) < 4.78 is 16.9. The Morgan fingerprint density at radius 1 is 0.266 bits per heavy atom. The van der Waals surface area contributed by atoms with Gasteiger partial charge in [-0.15, -0.1) is 0 Å². The first-order chi connectivity index (χ1) is 39.0. The van der Waals surface area contributed by atoms with Crippen LogP contribution in [0.2, 0.25) is 0 Å². The van der Waals surface area contributed by atoms with Gasteiger partial charge < -0.3 is 14.2 Å². The van der Waals surface area contributed by atoms with Gasteiger partial charge in [-0.2, -0.15) is 0 Å². The number of unbranched alkanes of at least 4 members (excludes halogenated alkanes) is 43. The predicted molar refractivity (Wildman–Crippen MR) is 344 cm³/mol. The van der Waals surface area contributed by atoms with Gasteiger partial charge in [-0.05, 0) is 83.5 Å². The normalized spacial score (nSPS) is 12.4. The maximum Gasteiger partial charge on any atom is 0.306 e. The summed E-state index contributed by atoms with van der Waals surface area (Å²) in [5.41, 5.74) is 0. The number of carbonyl (C=O) groups is 3. The van der Waals surface area contributed by atoms with Gasteiger partial charge in [0.2, 0.25) is 0 Å². The van der Waals surface area contributed by atoms with Gasteiger partial charge >= 0.3 is 17.9 Å². The van der Waals surface area contributed by atoms with Crippen LogP contribution in [0.4, 0.5) is 0 Å². The summed E-state index contributed by atoms with van der Waals surface area (Å²) in [6.07, 6.45) is 86.9. The first kappa shape index (κ1) is 76.1. The fraction of sp³-hybridized carbons (Fsp3) is 0.822. The van der Waals surface area contributed by atoms with E-state index in [2.05, 4.69) is 81.5 Å². The largest absolute Gasteiger partial charge is 0.462 e. The molecule has 0 aromatic heterocycles. The maximum absolute atomic E-state index is 12.9. The monoisotopic (exact) mass is 1110 g/mol. The smallest absolute Gasteiger partial charge is 0.306 e. The molecule has 0 spiro atoms. The number of ether oxygens (including phenoxy) is 3. The number of esters is 3. The Hall–Kier alpha value is -2.89. The zero-order valence-electron chi connectivity index (χ0n) is 52.9. The van der Waals surface area contributed by atoms with Crippen LogP contribution in [-0.4, -0.2) is 37.2 Å². The fourth-order valence-corrected chi connectivity index (χ4v) is 10.3. The van der Waals surface area contributed by atoms with Crippen LogP contribution in [0.1, 0.15) is 367 Å².